The number of hydrogen-bond acceptors (Lipinski definition) is 2. The molecule has 5 heteroatoms. The fraction of sp³-hybridized carbons (Fsp3) is 0.100. The first-order chi connectivity index (χ1) is 7.08. The second-order valence-corrected chi connectivity index (χ2v) is 3.23. The predicted molar refractivity (Wildman–Crippen MR) is 51.3 cm³/mol. The zero-order chi connectivity index (χ0) is 11.0. The van der Waals surface area contributed by atoms with E-state index >= 15 is 0 Å². The minimum atomic E-state index is -1.00. The number of phenolic OH excluding ortho intramolecular Hbond substituents is 1. The lowest BCUT2D eigenvalue weighted by Crippen LogP contribution is -1.98. The van der Waals surface area contributed by atoms with Gasteiger partial charge in [-0.2, -0.15) is 0 Å². The molecule has 2 aromatic rings. The number of carbonyl (C=O) groups is 1. The highest BCUT2D eigenvalue weighted by Crippen LogP contribution is 2.29. The smallest absolute Gasteiger partial charge is 0.307 e. The molecule has 0 unspecified atom stereocenters. The normalized spacial score (nSPS) is 10.7. The molecular formula is C10H8FNO3. The van der Waals surface area contributed by atoms with Crippen molar-refractivity contribution in [2.24, 2.45) is 0 Å². The second kappa shape index (κ2) is 3.27. The zero-order valence-electron chi connectivity index (χ0n) is 7.62. The maximum atomic E-state index is 12.9. The van der Waals surface area contributed by atoms with Crippen LogP contribution < -0.4 is 0 Å². The Bertz CT molecular complexity index is 533. The van der Waals surface area contributed by atoms with Crippen LogP contribution in [0.25, 0.3) is 10.9 Å². The Morgan fingerprint density at radius 2 is 2.20 bits per heavy atom. The number of carboxylic acid groups (broad SMARTS) is 1. The lowest BCUT2D eigenvalue weighted by molar-refractivity contribution is -0.136. The van der Waals surface area contributed by atoms with Crippen LogP contribution in [0.1, 0.15) is 5.56 Å². The molecule has 78 valence electrons. The lowest BCUT2D eigenvalue weighted by atomic mass is 10.1. The molecule has 0 aliphatic carbocycles. The first-order valence-electron chi connectivity index (χ1n) is 4.28. The molecule has 0 aliphatic heterocycles. The van der Waals surface area contributed by atoms with E-state index in [9.17, 15) is 14.3 Å². The van der Waals surface area contributed by atoms with E-state index < -0.39 is 11.8 Å². The number of H-pyrrole nitrogens is 1. The first kappa shape index (κ1) is 9.51. The van der Waals surface area contributed by atoms with Crippen molar-refractivity contribution in [2.45, 2.75) is 6.42 Å². The van der Waals surface area contributed by atoms with Crippen LogP contribution in [0.3, 0.4) is 0 Å². The summed E-state index contributed by atoms with van der Waals surface area (Å²) in [5, 5.41) is 18.5. The van der Waals surface area contributed by atoms with Gasteiger partial charge in [-0.05, 0) is 11.6 Å². The van der Waals surface area contributed by atoms with Gasteiger partial charge >= 0.3 is 5.97 Å². The molecule has 0 saturated carbocycles. The number of rotatable bonds is 2. The van der Waals surface area contributed by atoms with Gasteiger partial charge in [-0.1, -0.05) is 0 Å². The van der Waals surface area contributed by atoms with Crippen LogP contribution >= 0.6 is 0 Å². The van der Waals surface area contributed by atoms with Crippen LogP contribution in [0.2, 0.25) is 0 Å². The summed E-state index contributed by atoms with van der Waals surface area (Å²) in [4.78, 5) is 13.2. The quantitative estimate of drug-likeness (QED) is 0.703. The van der Waals surface area contributed by atoms with Gasteiger partial charge < -0.3 is 15.2 Å². The Balaban J connectivity index is 2.63. The molecule has 0 saturated heterocycles. The van der Waals surface area contributed by atoms with Crippen molar-refractivity contribution >= 4 is 16.9 Å². The Morgan fingerprint density at radius 3 is 2.87 bits per heavy atom. The maximum Gasteiger partial charge on any atom is 0.307 e. The van der Waals surface area contributed by atoms with Crippen LogP contribution in [0.4, 0.5) is 4.39 Å². The van der Waals surface area contributed by atoms with Gasteiger partial charge in [0.15, 0.2) is 0 Å². The van der Waals surface area contributed by atoms with E-state index in [2.05, 4.69) is 4.98 Å². The molecular weight excluding hydrogens is 201 g/mol. The molecule has 0 bridgehead atoms. The monoisotopic (exact) mass is 209 g/mol. The number of carboxylic acids is 1. The van der Waals surface area contributed by atoms with Gasteiger partial charge in [0.05, 0.1) is 11.9 Å². The summed E-state index contributed by atoms with van der Waals surface area (Å²) in [6, 6.07) is 2.17. The highest BCUT2D eigenvalue weighted by Gasteiger charge is 2.12. The van der Waals surface area contributed by atoms with E-state index in [0.29, 0.717) is 16.5 Å². The van der Waals surface area contributed by atoms with Crippen LogP contribution in [-0.2, 0) is 11.2 Å². The SMILES string of the molecule is O=C(O)Cc1c[nH]c2cc(F)cc(O)c12. The minimum Gasteiger partial charge on any atom is -0.507 e. The molecule has 1 heterocycles. The van der Waals surface area contributed by atoms with Crippen molar-refractivity contribution in [1.82, 2.24) is 4.98 Å². The van der Waals surface area contributed by atoms with E-state index in [0.717, 1.165) is 6.07 Å². The highest BCUT2D eigenvalue weighted by atomic mass is 19.1. The van der Waals surface area contributed by atoms with Crippen molar-refractivity contribution in [3.05, 3.63) is 29.7 Å². The minimum absolute atomic E-state index is 0.209. The number of benzene rings is 1. The van der Waals surface area contributed by atoms with Crippen molar-refractivity contribution < 1.29 is 19.4 Å². The zero-order valence-corrected chi connectivity index (χ0v) is 7.62. The molecule has 1 aromatic carbocycles. The van der Waals surface area contributed by atoms with E-state index in [1.807, 2.05) is 0 Å². The fourth-order valence-corrected chi connectivity index (χ4v) is 1.58. The number of fused-ring (bicyclic) bond motifs is 1. The van der Waals surface area contributed by atoms with E-state index in [1.54, 1.807) is 0 Å². The number of hydrogen-bond donors (Lipinski definition) is 3. The fourth-order valence-electron chi connectivity index (χ4n) is 1.58. The molecule has 0 amide bonds. The molecule has 1 aromatic heterocycles. The summed E-state index contributed by atoms with van der Waals surface area (Å²) in [7, 11) is 0. The molecule has 0 atom stereocenters. The Kier molecular flexibility index (Phi) is 2.07. The third-order valence-electron chi connectivity index (χ3n) is 2.15. The first-order valence-corrected chi connectivity index (χ1v) is 4.28. The summed E-state index contributed by atoms with van der Waals surface area (Å²) < 4.78 is 12.9. The Morgan fingerprint density at radius 1 is 1.47 bits per heavy atom. The van der Waals surface area contributed by atoms with Gasteiger partial charge in [-0.15, -0.1) is 0 Å². The average molecular weight is 209 g/mol. The highest BCUT2D eigenvalue weighted by molar-refractivity contribution is 5.91. The number of halogens is 1. The molecule has 0 radical (unpaired) electrons. The van der Waals surface area contributed by atoms with Gasteiger partial charge in [0.1, 0.15) is 11.6 Å². The Labute approximate surface area is 84.0 Å². The van der Waals surface area contributed by atoms with E-state index in [-0.39, 0.29) is 12.2 Å². The summed E-state index contributed by atoms with van der Waals surface area (Å²) in [5.74, 6) is -1.81. The van der Waals surface area contributed by atoms with Crippen LogP contribution in [0.15, 0.2) is 18.3 Å². The summed E-state index contributed by atoms with van der Waals surface area (Å²) in [5.41, 5.74) is 0.832. The predicted octanol–water partition coefficient (Wildman–Crippen LogP) is 1.64. The Hall–Kier alpha value is -2.04. The number of aromatic nitrogens is 1. The molecule has 0 aliphatic rings. The average Bonchev–Trinajstić information content (AvgIpc) is 2.46. The largest absolute Gasteiger partial charge is 0.507 e. The van der Waals surface area contributed by atoms with Crippen molar-refractivity contribution in [2.75, 3.05) is 0 Å². The van der Waals surface area contributed by atoms with E-state index in [1.165, 1.54) is 12.3 Å². The van der Waals surface area contributed by atoms with Gasteiger partial charge in [-0.3, -0.25) is 4.79 Å². The molecule has 0 fully saturated rings. The van der Waals surface area contributed by atoms with Crippen molar-refractivity contribution in [1.29, 1.82) is 0 Å². The number of aromatic amines is 1. The summed E-state index contributed by atoms with van der Waals surface area (Å²) in [6.45, 7) is 0. The third kappa shape index (κ3) is 1.63. The standard InChI is InChI=1S/C10H8FNO3/c11-6-2-7-10(8(13)3-6)5(4-12-7)1-9(14)15/h2-4,12-13H,1H2,(H,14,15). The van der Waals surface area contributed by atoms with Gasteiger partial charge in [0, 0.05) is 17.6 Å². The second-order valence-electron chi connectivity index (χ2n) is 3.23. The molecule has 0 spiro atoms. The molecule has 2 rings (SSSR count). The lowest BCUT2D eigenvalue weighted by Gasteiger charge is -1.98. The molecule has 4 nitrogen and oxygen atoms in total. The van der Waals surface area contributed by atoms with Crippen molar-refractivity contribution in [3.8, 4) is 5.75 Å². The molecule has 3 N–H and O–H groups in total. The van der Waals surface area contributed by atoms with Gasteiger partial charge in [0.25, 0.3) is 0 Å². The summed E-state index contributed by atoms with van der Waals surface area (Å²) in [6.07, 6.45) is 1.25. The maximum absolute atomic E-state index is 12.9. The van der Waals surface area contributed by atoms with Crippen molar-refractivity contribution in [3.63, 3.8) is 0 Å². The third-order valence-corrected chi connectivity index (χ3v) is 2.15. The summed E-state index contributed by atoms with van der Waals surface area (Å²) >= 11 is 0. The number of nitrogens with one attached hydrogen (secondary N) is 1. The molecule has 15 heavy (non-hydrogen) atoms. The van der Waals surface area contributed by atoms with Crippen LogP contribution in [-0.4, -0.2) is 21.2 Å². The number of aromatic hydroxyl groups is 1. The van der Waals surface area contributed by atoms with Gasteiger partial charge in [0.2, 0.25) is 0 Å². The number of phenols is 1. The van der Waals surface area contributed by atoms with E-state index in [4.69, 9.17) is 5.11 Å². The van der Waals surface area contributed by atoms with Crippen LogP contribution in [0.5, 0.6) is 5.75 Å². The number of aliphatic carboxylic acids is 1. The van der Waals surface area contributed by atoms with Crippen LogP contribution in [0, 0.1) is 5.82 Å². The topological polar surface area (TPSA) is 73.3 Å². The van der Waals surface area contributed by atoms with Gasteiger partial charge in [-0.25, -0.2) is 4.39 Å².